The minimum atomic E-state index is -0.764. The SMILES string of the molecule is c1ccc(-c2nc(-c3ccc(-c4cccc5c4Oc4ccccc4C54c5ccccc5-c5ccccc54)cc3)nc(-c3ccccc3-c3cccc(-c4cccc5c4-c4ccccc4C54c5ccccc5Oc5c(-c6ccc(-c7nc(-c8ccccc8)nc(-c8ccc(-c9ccccc9)c9ccccc89)n7)cc6)cccc54)c3)n2)cc1. The second-order valence-corrected chi connectivity index (χ2v) is 30.1. The average Bonchev–Trinajstić information content (AvgIpc) is 1.50. The molecule has 1 unspecified atom stereocenters. The second-order valence-electron chi connectivity index (χ2n) is 30.1. The summed E-state index contributed by atoms with van der Waals surface area (Å²) >= 11 is 0. The van der Waals surface area contributed by atoms with Gasteiger partial charge in [-0.2, -0.15) is 0 Å². The van der Waals surface area contributed by atoms with Crippen molar-refractivity contribution >= 4 is 10.8 Å². The molecule has 8 heteroatoms. The molecule has 0 amide bonds. The first-order valence-electron chi connectivity index (χ1n) is 39.4. The summed E-state index contributed by atoms with van der Waals surface area (Å²) in [7, 11) is 0. The summed E-state index contributed by atoms with van der Waals surface area (Å²) in [5, 5.41) is 2.19. The number of hydrogen-bond donors (Lipinski definition) is 0. The second kappa shape index (κ2) is 26.7. The number of fused-ring (bicyclic) bond motifs is 19. The van der Waals surface area contributed by atoms with Gasteiger partial charge in [-0.15, -0.1) is 0 Å². The van der Waals surface area contributed by atoms with Crippen LogP contribution in [0.5, 0.6) is 23.0 Å². The van der Waals surface area contributed by atoms with Crippen molar-refractivity contribution in [2.24, 2.45) is 0 Å². The van der Waals surface area contributed by atoms with Crippen molar-refractivity contribution in [3.8, 4) is 169 Å². The summed E-state index contributed by atoms with van der Waals surface area (Å²) in [5.41, 5.74) is 28.6. The van der Waals surface area contributed by atoms with Gasteiger partial charge in [0.2, 0.25) is 0 Å². The minimum Gasteiger partial charge on any atom is -0.456 e. The van der Waals surface area contributed by atoms with E-state index in [1.807, 2.05) is 36.4 Å². The van der Waals surface area contributed by atoms with Crippen LogP contribution < -0.4 is 9.47 Å². The molecule has 2 aromatic heterocycles. The molecule has 2 aliphatic carbocycles. The van der Waals surface area contributed by atoms with Gasteiger partial charge in [0, 0.05) is 66.8 Å². The standard InChI is InChI=1S/C108H66N6O2/c1-4-28-67(29-5-1)77-64-65-86(82-38-12-11-37-81(77)82)106-112-102(71-32-8-3-9-33-71)110-104(114-106)73-62-58-69(59-63-73)80-45-27-53-95-100(80)116-97-55-23-21-50-92(97)108(95)90-48-19-16-42-87(90)98-78(43-25-51-93(98)108)75-35-24-34-74(66-75)76-36-10-13-41-85(76)105-111-101(70-30-6-2-7-31-70)109-103(113-105)72-60-56-68(57-61-72)79-44-26-52-94-99(79)115-96-54-22-20-49-91(96)107(94)88-46-17-14-39-83(88)84-40-15-18-47-89(84)107/h1-66H. The lowest BCUT2D eigenvalue weighted by Gasteiger charge is -2.40. The lowest BCUT2D eigenvalue weighted by molar-refractivity contribution is 0.438. The van der Waals surface area contributed by atoms with Crippen molar-refractivity contribution in [1.82, 2.24) is 29.9 Å². The zero-order valence-corrected chi connectivity index (χ0v) is 62.6. The predicted octanol–water partition coefficient (Wildman–Crippen LogP) is 26.5. The van der Waals surface area contributed by atoms with E-state index in [4.69, 9.17) is 39.4 Å². The van der Waals surface area contributed by atoms with Crippen LogP contribution in [0.15, 0.2) is 400 Å². The van der Waals surface area contributed by atoms with Crippen LogP contribution in [0.1, 0.15) is 44.5 Å². The van der Waals surface area contributed by atoms with Gasteiger partial charge < -0.3 is 9.47 Å². The van der Waals surface area contributed by atoms with Gasteiger partial charge in [0.1, 0.15) is 23.0 Å². The van der Waals surface area contributed by atoms with E-state index in [0.29, 0.717) is 34.9 Å². The summed E-state index contributed by atoms with van der Waals surface area (Å²) in [6.45, 7) is 0. The molecule has 8 nitrogen and oxygen atoms in total. The van der Waals surface area contributed by atoms with E-state index in [0.717, 1.165) is 145 Å². The van der Waals surface area contributed by atoms with Gasteiger partial charge >= 0.3 is 0 Å². The van der Waals surface area contributed by atoms with E-state index >= 15 is 0 Å². The van der Waals surface area contributed by atoms with Crippen LogP contribution in [0, 0.1) is 0 Å². The van der Waals surface area contributed by atoms with E-state index in [9.17, 15) is 0 Å². The topological polar surface area (TPSA) is 95.8 Å². The molecule has 4 aliphatic rings. The number of para-hydroxylation sites is 4. The maximum absolute atomic E-state index is 7.31. The van der Waals surface area contributed by atoms with Crippen molar-refractivity contribution in [3.63, 3.8) is 0 Å². The van der Waals surface area contributed by atoms with E-state index in [2.05, 4.69) is 364 Å². The van der Waals surface area contributed by atoms with Crippen LogP contribution in [0.25, 0.3) is 157 Å². The lowest BCUT2D eigenvalue weighted by Crippen LogP contribution is -2.32. The number of hydrogen-bond acceptors (Lipinski definition) is 8. The molecule has 0 radical (unpaired) electrons. The minimum absolute atomic E-state index is 0.565. The van der Waals surface area contributed by atoms with Gasteiger partial charge in [0.25, 0.3) is 0 Å². The van der Waals surface area contributed by atoms with Crippen molar-refractivity contribution < 1.29 is 9.47 Å². The van der Waals surface area contributed by atoms with Gasteiger partial charge in [-0.3, -0.25) is 0 Å². The third kappa shape index (κ3) is 10.3. The molecule has 0 fully saturated rings. The van der Waals surface area contributed by atoms with Crippen molar-refractivity contribution in [3.05, 3.63) is 445 Å². The Morgan fingerprint density at radius 3 is 0.983 bits per heavy atom. The summed E-state index contributed by atoms with van der Waals surface area (Å²) in [6.07, 6.45) is 0. The fourth-order valence-electron chi connectivity index (χ4n) is 19.0. The third-order valence-corrected chi connectivity index (χ3v) is 24.0. The molecule has 0 bridgehead atoms. The fourth-order valence-corrected chi connectivity index (χ4v) is 19.0. The van der Waals surface area contributed by atoms with Crippen LogP contribution in [0.4, 0.5) is 0 Å². The van der Waals surface area contributed by atoms with Crippen LogP contribution in [0.3, 0.4) is 0 Å². The zero-order valence-electron chi connectivity index (χ0n) is 62.6. The summed E-state index contributed by atoms with van der Waals surface area (Å²) in [4.78, 5) is 31.8. The molecule has 1 atom stereocenters. The monoisotopic (exact) mass is 1480 g/mol. The maximum Gasteiger partial charge on any atom is 0.164 e. The summed E-state index contributed by atoms with van der Waals surface area (Å²) < 4.78 is 14.4. The molecule has 4 heterocycles. The van der Waals surface area contributed by atoms with Crippen LogP contribution in [0.2, 0.25) is 0 Å². The van der Waals surface area contributed by atoms with Gasteiger partial charge in [-0.25, -0.2) is 29.9 Å². The highest BCUT2D eigenvalue weighted by molar-refractivity contribution is 6.05. The van der Waals surface area contributed by atoms with Gasteiger partial charge in [-0.1, -0.05) is 376 Å². The molecule has 0 saturated heterocycles. The molecule has 0 saturated carbocycles. The number of ether oxygens (including phenoxy) is 2. The van der Waals surface area contributed by atoms with Gasteiger partial charge in [-0.05, 0) is 124 Å². The average molecular weight is 1480 g/mol. The molecular formula is C108H66N6O2. The Balaban J connectivity index is 0.604. The van der Waals surface area contributed by atoms with Crippen LogP contribution in [-0.4, -0.2) is 29.9 Å². The Hall–Kier alpha value is -15.4. The first kappa shape index (κ1) is 66.4. The molecule has 2 aliphatic heterocycles. The van der Waals surface area contributed by atoms with Crippen LogP contribution in [-0.2, 0) is 10.8 Å². The quantitative estimate of drug-likeness (QED) is 0.126. The highest BCUT2D eigenvalue weighted by atomic mass is 16.5. The first-order valence-corrected chi connectivity index (χ1v) is 39.4. The van der Waals surface area contributed by atoms with Gasteiger partial charge in [0.05, 0.1) is 10.8 Å². The summed E-state index contributed by atoms with van der Waals surface area (Å²) in [6, 6.07) is 142. The third-order valence-electron chi connectivity index (χ3n) is 24.0. The Kier molecular flexibility index (Phi) is 15.3. The lowest BCUT2D eigenvalue weighted by atomic mass is 9.65. The number of nitrogens with zero attached hydrogens (tertiary/aromatic N) is 6. The highest BCUT2D eigenvalue weighted by Crippen LogP contribution is 2.66. The Labute approximate surface area is 670 Å². The van der Waals surface area contributed by atoms with Gasteiger partial charge in [0.15, 0.2) is 34.9 Å². The molecule has 2 spiro atoms. The molecule has 17 aromatic carbocycles. The number of aromatic nitrogens is 6. The van der Waals surface area contributed by atoms with Crippen molar-refractivity contribution in [2.45, 2.75) is 10.8 Å². The fraction of sp³-hybridized carbons (Fsp3) is 0.0185. The van der Waals surface area contributed by atoms with E-state index in [-0.39, 0.29) is 0 Å². The Morgan fingerprint density at radius 2 is 0.466 bits per heavy atom. The molecule has 0 N–H and O–H groups in total. The maximum atomic E-state index is 7.31. The van der Waals surface area contributed by atoms with Crippen molar-refractivity contribution in [2.75, 3.05) is 0 Å². The molecular weight excluding hydrogens is 1410 g/mol. The smallest absolute Gasteiger partial charge is 0.164 e. The van der Waals surface area contributed by atoms with Crippen molar-refractivity contribution in [1.29, 1.82) is 0 Å². The van der Waals surface area contributed by atoms with E-state index in [1.165, 1.54) is 44.5 Å². The molecule has 116 heavy (non-hydrogen) atoms. The Morgan fingerprint density at radius 1 is 0.164 bits per heavy atom. The molecule has 540 valence electrons. The Bertz CT molecular complexity index is 7160. The largest absolute Gasteiger partial charge is 0.456 e. The van der Waals surface area contributed by atoms with E-state index in [1.54, 1.807) is 0 Å². The predicted molar refractivity (Wildman–Crippen MR) is 465 cm³/mol. The van der Waals surface area contributed by atoms with Crippen LogP contribution >= 0.6 is 0 Å². The highest BCUT2D eigenvalue weighted by Gasteiger charge is 2.54. The van der Waals surface area contributed by atoms with E-state index < -0.39 is 10.8 Å². The summed E-state index contributed by atoms with van der Waals surface area (Å²) in [5.74, 6) is 6.81. The molecule has 19 aromatic rings. The number of rotatable bonds is 11. The normalized spacial score (nSPS) is 13.9. The first-order chi connectivity index (χ1) is 57.5. The number of benzene rings is 17. The molecule has 23 rings (SSSR count). The zero-order chi connectivity index (χ0) is 76.4.